The molecular weight excluding hydrogens is 338 g/mol. The third-order valence-corrected chi connectivity index (χ3v) is 4.97. The molecular formula is C22H23N3O2. The van der Waals surface area contributed by atoms with Crippen LogP contribution in [-0.4, -0.2) is 22.9 Å². The largest absolute Gasteiger partial charge is 0.494 e. The van der Waals surface area contributed by atoms with Crippen LogP contribution in [0.25, 0.3) is 11.3 Å². The Morgan fingerprint density at radius 2 is 1.93 bits per heavy atom. The molecule has 0 fully saturated rings. The van der Waals surface area contributed by atoms with Crippen molar-refractivity contribution in [2.45, 2.75) is 26.7 Å². The Bertz CT molecular complexity index is 990. The standard InChI is InChI=1S/C22H23N3O2/c1-22(2)11-16-19(17(26)12-22)21(24-14-7-5-4-6-8-14)20(25-16)15-9-10-23-13-18(15)27-3/h4-10,13,24-25H,11-12H2,1-3H3. The number of fused-ring (bicyclic) bond motifs is 1. The summed E-state index contributed by atoms with van der Waals surface area (Å²) in [6.07, 6.45) is 4.78. The van der Waals surface area contributed by atoms with Crippen molar-refractivity contribution >= 4 is 17.2 Å². The quantitative estimate of drug-likeness (QED) is 0.687. The number of ketones is 1. The smallest absolute Gasteiger partial charge is 0.167 e. The summed E-state index contributed by atoms with van der Waals surface area (Å²) in [4.78, 5) is 20.7. The van der Waals surface area contributed by atoms with Gasteiger partial charge in [-0.2, -0.15) is 0 Å². The van der Waals surface area contributed by atoms with E-state index < -0.39 is 0 Å². The number of benzene rings is 1. The number of H-pyrrole nitrogens is 1. The van der Waals surface area contributed by atoms with E-state index in [0.717, 1.165) is 40.3 Å². The SMILES string of the molecule is COc1cnccc1-c1[nH]c2c(c1Nc1ccccc1)C(=O)CC(C)(C)C2. The van der Waals surface area contributed by atoms with Gasteiger partial charge in [0, 0.05) is 29.6 Å². The van der Waals surface area contributed by atoms with Crippen LogP contribution in [0.5, 0.6) is 5.75 Å². The Hall–Kier alpha value is -3.08. The lowest BCUT2D eigenvalue weighted by Gasteiger charge is -2.28. The highest BCUT2D eigenvalue weighted by Crippen LogP contribution is 2.44. The van der Waals surface area contributed by atoms with Gasteiger partial charge in [-0.3, -0.25) is 9.78 Å². The summed E-state index contributed by atoms with van der Waals surface area (Å²) in [6.45, 7) is 4.26. The maximum absolute atomic E-state index is 13.0. The topological polar surface area (TPSA) is 67.0 Å². The fourth-order valence-corrected chi connectivity index (χ4v) is 3.80. The molecule has 0 radical (unpaired) electrons. The molecule has 3 aromatic rings. The fourth-order valence-electron chi connectivity index (χ4n) is 3.80. The molecule has 0 bridgehead atoms. The van der Waals surface area contributed by atoms with Crippen molar-refractivity contribution in [1.29, 1.82) is 0 Å². The first kappa shape index (κ1) is 17.3. The number of pyridine rings is 1. The third-order valence-electron chi connectivity index (χ3n) is 4.97. The van der Waals surface area contributed by atoms with Crippen LogP contribution in [0.2, 0.25) is 0 Å². The number of carbonyl (C=O) groups is 1. The van der Waals surface area contributed by atoms with Gasteiger partial charge in [0.05, 0.1) is 30.3 Å². The van der Waals surface area contributed by atoms with Crippen LogP contribution in [-0.2, 0) is 6.42 Å². The number of ether oxygens (including phenoxy) is 1. The first-order chi connectivity index (χ1) is 13.0. The summed E-state index contributed by atoms with van der Waals surface area (Å²) in [7, 11) is 1.63. The molecule has 0 unspecified atom stereocenters. The number of hydrogen-bond donors (Lipinski definition) is 2. The van der Waals surface area contributed by atoms with Gasteiger partial charge in [0.15, 0.2) is 5.78 Å². The Morgan fingerprint density at radius 3 is 2.67 bits per heavy atom. The fraction of sp³-hybridized carbons (Fsp3) is 0.273. The van der Waals surface area contributed by atoms with Gasteiger partial charge in [0.2, 0.25) is 0 Å². The highest BCUT2D eigenvalue weighted by molar-refractivity contribution is 6.08. The molecule has 138 valence electrons. The van der Waals surface area contributed by atoms with Gasteiger partial charge in [0.25, 0.3) is 0 Å². The van der Waals surface area contributed by atoms with Crippen molar-refractivity contribution in [1.82, 2.24) is 9.97 Å². The van der Waals surface area contributed by atoms with Gasteiger partial charge < -0.3 is 15.0 Å². The van der Waals surface area contributed by atoms with E-state index in [4.69, 9.17) is 4.74 Å². The summed E-state index contributed by atoms with van der Waals surface area (Å²) in [5.74, 6) is 0.828. The highest BCUT2D eigenvalue weighted by Gasteiger charge is 2.36. The molecule has 4 rings (SSSR count). The molecule has 2 heterocycles. The number of anilines is 2. The molecule has 5 nitrogen and oxygen atoms in total. The van der Waals surface area contributed by atoms with Crippen molar-refractivity contribution in [2.24, 2.45) is 5.41 Å². The minimum Gasteiger partial charge on any atom is -0.494 e. The van der Waals surface area contributed by atoms with Crippen LogP contribution < -0.4 is 10.1 Å². The number of carbonyl (C=O) groups excluding carboxylic acids is 1. The third kappa shape index (κ3) is 3.21. The van der Waals surface area contributed by atoms with Crippen molar-refractivity contribution in [3.05, 3.63) is 60.0 Å². The number of nitrogens with zero attached hydrogens (tertiary/aromatic N) is 1. The zero-order chi connectivity index (χ0) is 19.0. The van der Waals surface area contributed by atoms with Gasteiger partial charge in [-0.25, -0.2) is 0 Å². The zero-order valence-electron chi connectivity index (χ0n) is 15.8. The maximum Gasteiger partial charge on any atom is 0.167 e. The van der Waals surface area contributed by atoms with Gasteiger partial charge in [0.1, 0.15) is 5.75 Å². The Morgan fingerprint density at radius 1 is 1.15 bits per heavy atom. The zero-order valence-corrected chi connectivity index (χ0v) is 15.8. The lowest BCUT2D eigenvalue weighted by molar-refractivity contribution is 0.0912. The normalized spacial score (nSPS) is 15.3. The summed E-state index contributed by atoms with van der Waals surface area (Å²) < 4.78 is 5.51. The summed E-state index contributed by atoms with van der Waals surface area (Å²) in [6, 6.07) is 11.8. The molecule has 0 atom stereocenters. The van der Waals surface area contributed by atoms with E-state index in [1.807, 2.05) is 36.4 Å². The second kappa shape index (κ2) is 6.58. The average Bonchev–Trinajstić information content (AvgIpc) is 2.99. The van der Waals surface area contributed by atoms with Crippen LogP contribution in [0, 0.1) is 5.41 Å². The Labute approximate surface area is 158 Å². The monoisotopic (exact) mass is 361 g/mol. The first-order valence-corrected chi connectivity index (χ1v) is 9.07. The molecule has 5 heteroatoms. The molecule has 2 N–H and O–H groups in total. The van der Waals surface area contributed by atoms with Crippen molar-refractivity contribution in [3.8, 4) is 17.0 Å². The van der Waals surface area contributed by atoms with Gasteiger partial charge in [-0.15, -0.1) is 0 Å². The van der Waals surface area contributed by atoms with E-state index in [9.17, 15) is 4.79 Å². The molecule has 0 amide bonds. The van der Waals surface area contributed by atoms with Crippen LogP contribution in [0.1, 0.15) is 36.3 Å². The summed E-state index contributed by atoms with van der Waals surface area (Å²) >= 11 is 0. The van der Waals surface area contributed by atoms with Crippen molar-refractivity contribution in [3.63, 3.8) is 0 Å². The molecule has 0 saturated heterocycles. The second-order valence-electron chi connectivity index (χ2n) is 7.74. The Kier molecular flexibility index (Phi) is 4.22. The first-order valence-electron chi connectivity index (χ1n) is 9.07. The van der Waals surface area contributed by atoms with Crippen LogP contribution in [0.4, 0.5) is 11.4 Å². The predicted octanol–water partition coefficient (Wildman–Crippen LogP) is 4.98. The second-order valence-corrected chi connectivity index (χ2v) is 7.74. The van der Waals surface area contributed by atoms with E-state index in [0.29, 0.717) is 12.2 Å². The van der Waals surface area contributed by atoms with Crippen molar-refractivity contribution < 1.29 is 9.53 Å². The number of nitrogens with one attached hydrogen (secondary N) is 2. The molecule has 1 aromatic carbocycles. The summed E-state index contributed by atoms with van der Waals surface area (Å²) in [5.41, 5.74) is 5.15. The molecule has 0 saturated carbocycles. The van der Waals surface area contributed by atoms with Gasteiger partial charge in [-0.05, 0) is 30.0 Å². The van der Waals surface area contributed by atoms with E-state index in [1.54, 1.807) is 19.5 Å². The number of Topliss-reactive ketones (excluding diaryl/α,β-unsaturated/α-hetero) is 1. The predicted molar refractivity (Wildman–Crippen MR) is 107 cm³/mol. The Balaban J connectivity index is 1.92. The molecule has 0 aliphatic heterocycles. The molecule has 2 aromatic heterocycles. The van der Waals surface area contributed by atoms with E-state index in [2.05, 4.69) is 29.1 Å². The maximum atomic E-state index is 13.0. The van der Waals surface area contributed by atoms with Gasteiger partial charge >= 0.3 is 0 Å². The van der Waals surface area contributed by atoms with Crippen LogP contribution in [0.3, 0.4) is 0 Å². The number of methoxy groups -OCH3 is 1. The molecule has 1 aliphatic carbocycles. The van der Waals surface area contributed by atoms with Gasteiger partial charge in [-0.1, -0.05) is 32.0 Å². The van der Waals surface area contributed by atoms with Crippen molar-refractivity contribution in [2.75, 3.05) is 12.4 Å². The average molecular weight is 361 g/mol. The van der Waals surface area contributed by atoms with E-state index >= 15 is 0 Å². The lowest BCUT2D eigenvalue weighted by Crippen LogP contribution is -2.26. The number of aromatic amines is 1. The van der Waals surface area contributed by atoms with Crippen LogP contribution >= 0.6 is 0 Å². The minimum atomic E-state index is -0.0570. The molecule has 1 aliphatic rings. The minimum absolute atomic E-state index is 0.0570. The highest BCUT2D eigenvalue weighted by atomic mass is 16.5. The van der Waals surface area contributed by atoms with E-state index in [-0.39, 0.29) is 11.2 Å². The molecule has 0 spiro atoms. The lowest BCUT2D eigenvalue weighted by atomic mass is 9.76. The number of hydrogen-bond acceptors (Lipinski definition) is 4. The molecule has 27 heavy (non-hydrogen) atoms. The number of para-hydroxylation sites is 1. The number of aromatic nitrogens is 2. The van der Waals surface area contributed by atoms with Crippen LogP contribution in [0.15, 0.2) is 48.8 Å². The number of rotatable bonds is 4. The van der Waals surface area contributed by atoms with E-state index in [1.165, 1.54) is 0 Å². The summed E-state index contributed by atoms with van der Waals surface area (Å²) in [5, 5.41) is 3.46.